The standard InChI is InChI=1S/C12H14F3NO2S/c1-11(2,10(17)18)19-6-7-5-8(12(13,14)15)3-4-9(7)16/h3-5H,6,16H2,1-2H3,(H,17,18). The van der Waals surface area contributed by atoms with Crippen LogP contribution in [0.15, 0.2) is 18.2 Å². The maximum Gasteiger partial charge on any atom is 0.416 e. The molecule has 19 heavy (non-hydrogen) atoms. The molecule has 0 unspecified atom stereocenters. The molecule has 0 radical (unpaired) electrons. The maximum atomic E-state index is 12.6. The summed E-state index contributed by atoms with van der Waals surface area (Å²) in [6, 6.07) is 3.05. The van der Waals surface area contributed by atoms with E-state index in [4.69, 9.17) is 10.8 Å². The summed E-state index contributed by atoms with van der Waals surface area (Å²) in [4.78, 5) is 10.9. The van der Waals surface area contributed by atoms with Crippen LogP contribution in [0.5, 0.6) is 0 Å². The number of rotatable bonds is 4. The van der Waals surface area contributed by atoms with Gasteiger partial charge in [-0.3, -0.25) is 4.79 Å². The Hall–Kier alpha value is -1.37. The Morgan fingerprint density at radius 3 is 2.42 bits per heavy atom. The highest BCUT2D eigenvalue weighted by Gasteiger charge is 2.32. The molecular weight excluding hydrogens is 279 g/mol. The number of aliphatic carboxylic acids is 1. The van der Waals surface area contributed by atoms with Crippen LogP contribution in [-0.2, 0) is 16.7 Å². The number of hydrogen-bond donors (Lipinski definition) is 2. The summed E-state index contributed by atoms with van der Waals surface area (Å²) in [6.45, 7) is 2.98. The van der Waals surface area contributed by atoms with Crippen LogP contribution >= 0.6 is 11.8 Å². The lowest BCUT2D eigenvalue weighted by molar-refractivity contribution is -0.139. The van der Waals surface area contributed by atoms with Crippen molar-refractivity contribution in [1.82, 2.24) is 0 Å². The van der Waals surface area contributed by atoms with Crippen LogP contribution in [0.4, 0.5) is 18.9 Å². The minimum atomic E-state index is -4.44. The van der Waals surface area contributed by atoms with Crippen molar-refractivity contribution in [2.24, 2.45) is 0 Å². The molecule has 0 aliphatic rings. The Labute approximate surface area is 113 Å². The van der Waals surface area contributed by atoms with Gasteiger partial charge in [0.2, 0.25) is 0 Å². The minimum Gasteiger partial charge on any atom is -0.480 e. The topological polar surface area (TPSA) is 63.3 Å². The number of halogens is 3. The molecule has 1 rings (SSSR count). The Kier molecular flexibility index (Phi) is 4.39. The molecule has 1 aromatic rings. The van der Waals surface area contributed by atoms with E-state index in [1.54, 1.807) is 0 Å². The number of nitrogen functional groups attached to an aromatic ring is 1. The van der Waals surface area contributed by atoms with Gasteiger partial charge in [-0.25, -0.2) is 0 Å². The fourth-order valence-electron chi connectivity index (χ4n) is 1.23. The van der Waals surface area contributed by atoms with Crippen molar-refractivity contribution >= 4 is 23.4 Å². The summed E-state index contributed by atoms with van der Waals surface area (Å²) >= 11 is 1.03. The molecule has 106 valence electrons. The second kappa shape index (κ2) is 5.32. The number of carboxylic acid groups (broad SMARTS) is 1. The molecule has 0 aliphatic heterocycles. The third kappa shape index (κ3) is 4.05. The van der Waals surface area contributed by atoms with Crippen molar-refractivity contribution in [3.8, 4) is 0 Å². The number of alkyl halides is 3. The molecule has 3 N–H and O–H groups in total. The van der Waals surface area contributed by atoms with E-state index >= 15 is 0 Å². The molecule has 0 heterocycles. The Bertz CT molecular complexity index is 486. The fraction of sp³-hybridized carbons (Fsp3) is 0.417. The lowest BCUT2D eigenvalue weighted by atomic mass is 10.1. The third-order valence-electron chi connectivity index (χ3n) is 2.57. The fourth-order valence-corrected chi connectivity index (χ4v) is 2.12. The molecule has 0 amide bonds. The highest BCUT2D eigenvalue weighted by Crippen LogP contribution is 2.34. The predicted octanol–water partition coefficient (Wildman–Crippen LogP) is 3.38. The zero-order chi connectivity index (χ0) is 14.8. The van der Waals surface area contributed by atoms with E-state index in [1.807, 2.05) is 0 Å². The average Bonchev–Trinajstić information content (AvgIpc) is 2.26. The Morgan fingerprint density at radius 1 is 1.37 bits per heavy atom. The number of benzene rings is 1. The molecule has 1 aromatic carbocycles. The molecule has 7 heteroatoms. The van der Waals surface area contributed by atoms with Crippen molar-refractivity contribution in [2.45, 2.75) is 30.5 Å². The number of thioether (sulfide) groups is 1. The van der Waals surface area contributed by atoms with Crippen molar-refractivity contribution in [3.63, 3.8) is 0 Å². The SMILES string of the molecule is CC(C)(SCc1cc(C(F)(F)F)ccc1N)C(=O)O. The molecule has 0 bridgehead atoms. The van der Waals surface area contributed by atoms with E-state index in [9.17, 15) is 18.0 Å². The van der Waals surface area contributed by atoms with Gasteiger partial charge in [0.1, 0.15) is 4.75 Å². The molecule has 0 aliphatic carbocycles. The molecule has 0 fully saturated rings. The second-order valence-corrected chi connectivity index (χ2v) is 6.11. The highest BCUT2D eigenvalue weighted by molar-refractivity contribution is 8.00. The average molecular weight is 293 g/mol. The third-order valence-corrected chi connectivity index (χ3v) is 3.93. The largest absolute Gasteiger partial charge is 0.480 e. The minimum absolute atomic E-state index is 0.106. The number of carbonyl (C=O) groups is 1. The first kappa shape index (κ1) is 15.7. The zero-order valence-corrected chi connectivity index (χ0v) is 11.2. The maximum absolute atomic E-state index is 12.6. The summed E-state index contributed by atoms with van der Waals surface area (Å²) in [5.74, 6) is -0.919. The first-order valence-electron chi connectivity index (χ1n) is 5.37. The highest BCUT2D eigenvalue weighted by atomic mass is 32.2. The number of hydrogen-bond acceptors (Lipinski definition) is 3. The van der Waals surface area contributed by atoms with Crippen molar-refractivity contribution < 1.29 is 23.1 Å². The Morgan fingerprint density at radius 2 is 1.95 bits per heavy atom. The molecular formula is C12H14F3NO2S. The van der Waals surface area contributed by atoms with Gasteiger partial charge in [-0.05, 0) is 37.6 Å². The van der Waals surface area contributed by atoms with Gasteiger partial charge in [0, 0.05) is 11.4 Å². The molecule has 0 atom stereocenters. The normalized spacial score (nSPS) is 12.5. The number of nitrogens with two attached hydrogens (primary N) is 1. The number of carboxylic acids is 1. The summed E-state index contributed by atoms with van der Waals surface area (Å²) in [5.41, 5.74) is 5.33. The van der Waals surface area contributed by atoms with E-state index in [2.05, 4.69) is 0 Å². The van der Waals surface area contributed by atoms with Gasteiger partial charge in [-0.1, -0.05) is 0 Å². The lowest BCUT2D eigenvalue weighted by Gasteiger charge is -2.19. The van der Waals surface area contributed by atoms with E-state index in [-0.39, 0.29) is 17.0 Å². The van der Waals surface area contributed by atoms with Gasteiger partial charge in [0.05, 0.1) is 5.56 Å². The molecule has 0 saturated heterocycles. The number of anilines is 1. The van der Waals surface area contributed by atoms with E-state index in [0.29, 0.717) is 0 Å². The molecule has 0 aromatic heterocycles. The van der Waals surface area contributed by atoms with Crippen molar-refractivity contribution in [3.05, 3.63) is 29.3 Å². The predicted molar refractivity (Wildman–Crippen MR) is 68.9 cm³/mol. The van der Waals surface area contributed by atoms with Crippen LogP contribution in [-0.4, -0.2) is 15.8 Å². The lowest BCUT2D eigenvalue weighted by Crippen LogP contribution is -2.27. The van der Waals surface area contributed by atoms with Crippen molar-refractivity contribution in [1.29, 1.82) is 0 Å². The molecule has 3 nitrogen and oxygen atoms in total. The summed E-state index contributed by atoms with van der Waals surface area (Å²) < 4.78 is 36.6. The van der Waals surface area contributed by atoms with E-state index < -0.39 is 22.5 Å². The monoisotopic (exact) mass is 293 g/mol. The summed E-state index contributed by atoms with van der Waals surface area (Å²) in [6.07, 6.45) is -4.44. The summed E-state index contributed by atoms with van der Waals surface area (Å²) in [7, 11) is 0. The zero-order valence-electron chi connectivity index (χ0n) is 10.4. The first-order valence-corrected chi connectivity index (χ1v) is 6.35. The molecule has 0 spiro atoms. The summed E-state index contributed by atoms with van der Waals surface area (Å²) in [5, 5.41) is 8.94. The van der Waals surface area contributed by atoms with Crippen molar-refractivity contribution in [2.75, 3.05) is 5.73 Å². The quantitative estimate of drug-likeness (QED) is 0.835. The van der Waals surface area contributed by atoms with Gasteiger partial charge < -0.3 is 10.8 Å². The van der Waals surface area contributed by atoms with Gasteiger partial charge in [-0.2, -0.15) is 13.2 Å². The van der Waals surface area contributed by atoms with E-state index in [0.717, 1.165) is 23.9 Å². The second-order valence-electron chi connectivity index (χ2n) is 4.52. The Balaban J connectivity index is 2.93. The van der Waals surface area contributed by atoms with Gasteiger partial charge in [0.15, 0.2) is 0 Å². The van der Waals surface area contributed by atoms with Crippen LogP contribution in [0.2, 0.25) is 0 Å². The van der Waals surface area contributed by atoms with Gasteiger partial charge in [0.25, 0.3) is 0 Å². The van der Waals surface area contributed by atoms with Crippen LogP contribution in [0.3, 0.4) is 0 Å². The smallest absolute Gasteiger partial charge is 0.416 e. The van der Waals surface area contributed by atoms with Crippen LogP contribution in [0.25, 0.3) is 0 Å². The first-order chi connectivity index (χ1) is 8.54. The van der Waals surface area contributed by atoms with Crippen LogP contribution in [0, 0.1) is 0 Å². The van der Waals surface area contributed by atoms with Crippen LogP contribution < -0.4 is 5.73 Å². The van der Waals surface area contributed by atoms with Gasteiger partial charge >= 0.3 is 12.1 Å². The van der Waals surface area contributed by atoms with Crippen LogP contribution in [0.1, 0.15) is 25.0 Å². The molecule has 0 saturated carbocycles. The van der Waals surface area contributed by atoms with Gasteiger partial charge in [-0.15, -0.1) is 11.8 Å². The van der Waals surface area contributed by atoms with E-state index in [1.165, 1.54) is 19.9 Å².